The lowest BCUT2D eigenvalue weighted by molar-refractivity contribution is 0.574. The van der Waals surface area contributed by atoms with Crippen molar-refractivity contribution < 1.29 is 12.8 Å². The molecule has 1 fully saturated rings. The summed E-state index contributed by atoms with van der Waals surface area (Å²) in [5.41, 5.74) is 1.62. The van der Waals surface area contributed by atoms with Gasteiger partial charge in [0.15, 0.2) is 0 Å². The van der Waals surface area contributed by atoms with E-state index < -0.39 is 10.0 Å². The summed E-state index contributed by atoms with van der Waals surface area (Å²) in [7, 11) is -3.49. The van der Waals surface area contributed by atoms with Gasteiger partial charge < -0.3 is 0 Å². The van der Waals surface area contributed by atoms with E-state index >= 15 is 0 Å². The van der Waals surface area contributed by atoms with Crippen LogP contribution in [0.15, 0.2) is 60.0 Å². The average Bonchev–Trinajstić information content (AvgIpc) is 3.34. The lowest BCUT2D eigenvalue weighted by Crippen LogP contribution is -2.30. The van der Waals surface area contributed by atoms with Crippen LogP contribution in [0.5, 0.6) is 0 Å². The predicted octanol–water partition coefficient (Wildman–Crippen LogP) is 3.45. The van der Waals surface area contributed by atoms with Crippen molar-refractivity contribution in [1.82, 2.24) is 4.72 Å². The normalized spacial score (nSPS) is 16.6. The summed E-state index contributed by atoms with van der Waals surface area (Å²) in [5, 5.41) is 1.18. The summed E-state index contributed by atoms with van der Waals surface area (Å²) in [6, 6.07) is 15.6. The Balaban J connectivity index is 1.65. The zero-order valence-electron chi connectivity index (χ0n) is 12.6. The molecule has 0 amide bonds. The van der Waals surface area contributed by atoms with Crippen LogP contribution in [-0.2, 0) is 15.4 Å². The molecule has 1 saturated carbocycles. The highest BCUT2D eigenvalue weighted by molar-refractivity contribution is 7.92. The van der Waals surface area contributed by atoms with Crippen LogP contribution in [0.4, 0.5) is 4.39 Å². The Labute approximate surface area is 135 Å². The number of nitrogens with one attached hydrogen (secondary N) is 1. The van der Waals surface area contributed by atoms with Gasteiger partial charge in [-0.3, -0.25) is 0 Å². The fourth-order valence-corrected chi connectivity index (χ4v) is 3.45. The minimum absolute atomic E-state index is 0.193. The van der Waals surface area contributed by atoms with Gasteiger partial charge in [-0.25, -0.2) is 17.5 Å². The lowest BCUT2D eigenvalue weighted by Gasteiger charge is -2.15. The third kappa shape index (κ3) is 4.06. The van der Waals surface area contributed by atoms with Gasteiger partial charge in [-0.2, -0.15) is 0 Å². The van der Waals surface area contributed by atoms with Crippen LogP contribution in [0.3, 0.4) is 0 Å². The average molecular weight is 331 g/mol. The molecule has 0 unspecified atom stereocenters. The van der Waals surface area contributed by atoms with Crippen molar-refractivity contribution in [2.45, 2.75) is 18.3 Å². The largest absolute Gasteiger partial charge is 0.233 e. The standard InChI is InChI=1S/C18H18FNO2S/c19-17-8-6-16(7-9-17)18(11-12-18)14-20-23(21,22)13-10-15-4-2-1-3-5-15/h1-10,13,20H,11-12,14H2/b13-10+. The zero-order chi connectivity index (χ0) is 16.3. The third-order valence-corrected chi connectivity index (χ3v) is 5.20. The smallest absolute Gasteiger partial charge is 0.211 e. The molecule has 0 heterocycles. The number of rotatable bonds is 6. The molecular weight excluding hydrogens is 313 g/mol. The molecule has 23 heavy (non-hydrogen) atoms. The molecule has 0 saturated heterocycles. The van der Waals surface area contributed by atoms with E-state index in [0.717, 1.165) is 24.0 Å². The Hall–Kier alpha value is -1.98. The van der Waals surface area contributed by atoms with Crippen LogP contribution in [0, 0.1) is 5.82 Å². The fourth-order valence-electron chi connectivity index (χ4n) is 2.54. The molecule has 0 aromatic heterocycles. The quantitative estimate of drug-likeness (QED) is 0.881. The van der Waals surface area contributed by atoms with Gasteiger partial charge in [0.25, 0.3) is 0 Å². The van der Waals surface area contributed by atoms with E-state index in [4.69, 9.17) is 0 Å². The Morgan fingerprint density at radius 1 is 1.04 bits per heavy atom. The maximum absolute atomic E-state index is 13.0. The third-order valence-electron chi connectivity index (χ3n) is 4.16. The monoisotopic (exact) mass is 331 g/mol. The van der Waals surface area contributed by atoms with Crippen molar-refractivity contribution in [2.75, 3.05) is 6.54 Å². The summed E-state index contributed by atoms with van der Waals surface area (Å²) in [6.07, 6.45) is 3.38. The van der Waals surface area contributed by atoms with Gasteiger partial charge in [-0.05, 0) is 42.2 Å². The molecule has 0 atom stereocenters. The molecule has 1 aliphatic carbocycles. The van der Waals surface area contributed by atoms with E-state index in [1.807, 2.05) is 30.3 Å². The Morgan fingerprint density at radius 3 is 2.30 bits per heavy atom. The van der Waals surface area contributed by atoms with E-state index in [0.29, 0.717) is 6.54 Å². The van der Waals surface area contributed by atoms with Crippen molar-refractivity contribution in [2.24, 2.45) is 0 Å². The molecule has 0 radical (unpaired) electrons. The van der Waals surface area contributed by atoms with E-state index in [2.05, 4.69) is 4.72 Å². The number of hydrogen-bond donors (Lipinski definition) is 1. The number of benzene rings is 2. The maximum Gasteiger partial charge on any atom is 0.233 e. The highest BCUT2D eigenvalue weighted by Crippen LogP contribution is 2.47. The summed E-state index contributed by atoms with van der Waals surface area (Å²) in [5.74, 6) is -0.282. The second-order valence-corrected chi connectivity index (χ2v) is 7.52. The number of halogens is 1. The lowest BCUT2D eigenvalue weighted by atomic mass is 9.96. The SMILES string of the molecule is O=S(=O)(/C=C/c1ccccc1)NCC1(c2ccc(F)cc2)CC1. The Kier molecular flexibility index (Phi) is 4.33. The van der Waals surface area contributed by atoms with Gasteiger partial charge in [-0.15, -0.1) is 0 Å². The molecule has 1 N–H and O–H groups in total. The zero-order valence-corrected chi connectivity index (χ0v) is 13.4. The molecular formula is C18H18FNO2S. The number of sulfonamides is 1. The first-order valence-corrected chi connectivity index (χ1v) is 9.03. The summed E-state index contributed by atoms with van der Waals surface area (Å²) >= 11 is 0. The molecule has 0 bridgehead atoms. The van der Waals surface area contributed by atoms with E-state index in [1.54, 1.807) is 18.2 Å². The highest BCUT2D eigenvalue weighted by Gasteiger charge is 2.44. The van der Waals surface area contributed by atoms with Gasteiger partial charge in [0.1, 0.15) is 5.82 Å². The molecule has 2 aromatic rings. The molecule has 3 rings (SSSR count). The summed E-state index contributed by atoms with van der Waals surface area (Å²) < 4.78 is 39.9. The molecule has 2 aromatic carbocycles. The minimum atomic E-state index is -3.49. The minimum Gasteiger partial charge on any atom is -0.211 e. The highest BCUT2D eigenvalue weighted by atomic mass is 32.2. The van der Waals surface area contributed by atoms with Crippen LogP contribution in [0.2, 0.25) is 0 Å². The van der Waals surface area contributed by atoms with Gasteiger partial charge in [0.2, 0.25) is 10.0 Å². The van der Waals surface area contributed by atoms with Crippen LogP contribution >= 0.6 is 0 Å². The predicted molar refractivity (Wildman–Crippen MR) is 89.7 cm³/mol. The Morgan fingerprint density at radius 2 is 1.70 bits per heavy atom. The van der Waals surface area contributed by atoms with Crippen LogP contribution in [0.25, 0.3) is 6.08 Å². The van der Waals surface area contributed by atoms with Crippen LogP contribution < -0.4 is 4.72 Å². The second-order valence-electron chi connectivity index (χ2n) is 5.87. The first kappa shape index (κ1) is 15.9. The first-order valence-electron chi connectivity index (χ1n) is 7.48. The van der Waals surface area contributed by atoms with Crippen LogP contribution in [-0.4, -0.2) is 15.0 Å². The molecule has 0 aliphatic heterocycles. The molecule has 0 spiro atoms. The topological polar surface area (TPSA) is 46.2 Å². The van der Waals surface area contributed by atoms with Gasteiger partial charge >= 0.3 is 0 Å². The molecule has 1 aliphatic rings. The Bertz CT molecular complexity index is 795. The molecule has 5 heteroatoms. The maximum atomic E-state index is 13.0. The van der Waals surface area contributed by atoms with Gasteiger partial charge in [0.05, 0.1) is 0 Å². The van der Waals surface area contributed by atoms with E-state index in [9.17, 15) is 12.8 Å². The van der Waals surface area contributed by atoms with Crippen molar-refractivity contribution in [3.8, 4) is 0 Å². The second kappa shape index (κ2) is 6.26. The molecule has 3 nitrogen and oxygen atoms in total. The summed E-state index contributed by atoms with van der Waals surface area (Å²) in [4.78, 5) is 0. The van der Waals surface area contributed by atoms with Crippen molar-refractivity contribution in [3.63, 3.8) is 0 Å². The van der Waals surface area contributed by atoms with Crippen molar-refractivity contribution in [3.05, 3.63) is 76.9 Å². The van der Waals surface area contributed by atoms with E-state index in [-0.39, 0.29) is 11.2 Å². The van der Waals surface area contributed by atoms with Crippen molar-refractivity contribution >= 4 is 16.1 Å². The van der Waals surface area contributed by atoms with Gasteiger partial charge in [-0.1, -0.05) is 42.5 Å². The fraction of sp³-hybridized carbons (Fsp3) is 0.222. The number of hydrogen-bond acceptors (Lipinski definition) is 2. The molecule has 120 valence electrons. The first-order chi connectivity index (χ1) is 11.0. The van der Waals surface area contributed by atoms with E-state index in [1.165, 1.54) is 17.5 Å². The summed E-state index contributed by atoms with van der Waals surface area (Å²) in [6.45, 7) is 0.333. The van der Waals surface area contributed by atoms with Gasteiger partial charge in [0, 0.05) is 17.4 Å². The van der Waals surface area contributed by atoms with Crippen LogP contribution in [0.1, 0.15) is 24.0 Å². The van der Waals surface area contributed by atoms with Crippen molar-refractivity contribution in [1.29, 1.82) is 0 Å².